The molecule has 0 N–H and O–H groups in total. The molecule has 71 heavy (non-hydrogen) atoms. The number of rotatable bonds is 10. The lowest BCUT2D eigenvalue weighted by Crippen LogP contribution is -2.68. The number of fused-ring (bicyclic) bond motifs is 4. The first-order valence-corrected chi connectivity index (χ1v) is 29.9. The van der Waals surface area contributed by atoms with Gasteiger partial charge in [-0.3, -0.25) is 58.0 Å². The third-order valence-electron chi connectivity index (χ3n) is 25.0. The van der Waals surface area contributed by atoms with Crippen molar-refractivity contribution < 1.29 is 38.4 Å². The number of hydrogen-bond acceptors (Lipinski definition) is 8. The number of unbranched alkanes of at least 4 members (excludes halogenated alkanes) is 2. The minimum atomic E-state index is -0.167. The first-order chi connectivity index (χ1) is 34.5. The molecule has 10 saturated carbocycles. The van der Waals surface area contributed by atoms with Crippen LogP contribution in [0.15, 0.2) is 0 Å². The van der Waals surface area contributed by atoms with Crippen LogP contribution in [0.5, 0.6) is 0 Å². The molecule has 16 unspecified atom stereocenters. The lowest BCUT2D eigenvalue weighted by molar-refractivity contribution is -0.210. The molecule has 0 radical (unpaired) electrons. The zero-order valence-electron chi connectivity index (χ0n) is 42.6. The highest BCUT2D eigenvalue weighted by molar-refractivity contribution is 6.03. The number of imide groups is 4. The fraction of sp³-hybridized carbons (Fsp3) is 0.864. The fourth-order valence-corrected chi connectivity index (χ4v) is 23.2. The van der Waals surface area contributed by atoms with Gasteiger partial charge in [-0.25, -0.2) is 0 Å². The normalized spacial score (nSPS) is 49.8. The Morgan fingerprint density at radius 1 is 0.254 bits per heavy atom. The van der Waals surface area contributed by atoms with E-state index in [0.29, 0.717) is 90.5 Å². The molecule has 12 nitrogen and oxygen atoms in total. The van der Waals surface area contributed by atoms with Crippen molar-refractivity contribution in [2.24, 2.45) is 142 Å². The van der Waals surface area contributed by atoms with Gasteiger partial charge in [0, 0.05) is 73.5 Å². The van der Waals surface area contributed by atoms with Crippen molar-refractivity contribution >= 4 is 47.3 Å². The molecule has 0 aromatic rings. The summed E-state index contributed by atoms with van der Waals surface area (Å²) in [5, 5.41) is 0. The predicted octanol–water partition coefficient (Wildman–Crippen LogP) is 7.62. The van der Waals surface area contributed by atoms with E-state index in [0.717, 1.165) is 128 Å². The lowest BCUT2D eigenvalue weighted by Gasteiger charge is -2.67. The third kappa shape index (κ3) is 6.26. The fourth-order valence-electron chi connectivity index (χ4n) is 23.2. The molecule has 4 saturated heterocycles. The van der Waals surface area contributed by atoms with Crippen LogP contribution in [0.2, 0.25) is 0 Å². The molecule has 0 aromatic carbocycles. The zero-order chi connectivity index (χ0) is 48.5. The molecule has 10 aliphatic carbocycles. The van der Waals surface area contributed by atoms with Crippen molar-refractivity contribution in [3.05, 3.63) is 0 Å². The van der Waals surface area contributed by atoms with E-state index < -0.39 is 0 Å². The van der Waals surface area contributed by atoms with Crippen LogP contribution in [0.3, 0.4) is 0 Å². The van der Waals surface area contributed by atoms with Crippen LogP contribution >= 0.6 is 0 Å². The van der Waals surface area contributed by atoms with Gasteiger partial charge in [0.15, 0.2) is 0 Å². The van der Waals surface area contributed by atoms with Crippen LogP contribution in [-0.4, -0.2) is 93.0 Å². The molecular formula is C59H80N4O8. The van der Waals surface area contributed by atoms with Crippen molar-refractivity contribution in [3.8, 4) is 0 Å². The standard InChI is InChI=1S/C59H80N4O8/c1-3-5-6-25-61-54(66)38-18-10-30-34-14-22-42-51-43(23-15-35(47(34)51)31-11-19-39(55(61)67)49(38)45(30)31)59(71)63(58(42)70)27-7-26-62-56(68)40-20-12-32-28-8-16-36-48-37(53(65)60(24-4-2)52(36)64)17-9-29(44(28)48)33-13-21-41(57(62)69)50(40)46(32)33/h28-51H,3-27H2,1-2H3. The van der Waals surface area contributed by atoms with Gasteiger partial charge in [0.25, 0.3) is 0 Å². The number of piperidine rings is 4. The van der Waals surface area contributed by atoms with Crippen LogP contribution in [0.1, 0.15) is 149 Å². The van der Waals surface area contributed by atoms with E-state index >= 15 is 0 Å². The highest BCUT2D eigenvalue weighted by Crippen LogP contribution is 2.71. The molecule has 0 spiro atoms. The highest BCUT2D eigenvalue weighted by atomic mass is 16.2. The Balaban J connectivity index is 0.646. The van der Waals surface area contributed by atoms with Gasteiger partial charge >= 0.3 is 0 Å². The highest BCUT2D eigenvalue weighted by Gasteiger charge is 2.70. The quantitative estimate of drug-likeness (QED) is 0.160. The zero-order valence-corrected chi connectivity index (χ0v) is 42.6. The summed E-state index contributed by atoms with van der Waals surface area (Å²) in [6.45, 7) is 5.80. The summed E-state index contributed by atoms with van der Waals surface area (Å²) in [6, 6.07) is 0. The maximum absolute atomic E-state index is 14.7. The lowest BCUT2D eigenvalue weighted by atomic mass is 9.38. The molecule has 14 fully saturated rings. The van der Waals surface area contributed by atoms with Gasteiger partial charge in [0.2, 0.25) is 47.3 Å². The number of nitrogens with zero attached hydrogens (tertiary/aromatic N) is 4. The molecule has 384 valence electrons. The number of likely N-dealkylation sites (tertiary alicyclic amines) is 4. The largest absolute Gasteiger partial charge is 0.282 e. The summed E-state index contributed by atoms with van der Waals surface area (Å²) in [5.41, 5.74) is 0. The predicted molar refractivity (Wildman–Crippen MR) is 259 cm³/mol. The average Bonchev–Trinajstić information content (AvgIpc) is 3.39. The van der Waals surface area contributed by atoms with Crippen LogP contribution < -0.4 is 0 Å². The van der Waals surface area contributed by atoms with E-state index in [1.807, 2.05) is 6.92 Å². The second kappa shape index (κ2) is 17.0. The van der Waals surface area contributed by atoms with Crippen LogP contribution in [0.25, 0.3) is 0 Å². The summed E-state index contributed by atoms with van der Waals surface area (Å²) in [5.74, 6) is 5.02. The molecule has 14 rings (SSSR count). The van der Waals surface area contributed by atoms with E-state index in [9.17, 15) is 38.4 Å². The Morgan fingerprint density at radius 2 is 0.465 bits per heavy atom. The van der Waals surface area contributed by atoms with Crippen LogP contribution in [0, 0.1) is 142 Å². The molecule has 14 aliphatic rings. The van der Waals surface area contributed by atoms with Gasteiger partial charge in [-0.15, -0.1) is 0 Å². The second-order valence-corrected chi connectivity index (χ2v) is 26.8. The Labute approximate surface area is 420 Å². The van der Waals surface area contributed by atoms with E-state index in [-0.39, 0.29) is 131 Å². The van der Waals surface area contributed by atoms with Gasteiger partial charge in [0.05, 0.1) is 0 Å². The number of carbonyl (C=O) groups is 8. The van der Waals surface area contributed by atoms with E-state index in [1.54, 1.807) is 19.6 Å². The molecule has 16 atom stereocenters. The van der Waals surface area contributed by atoms with E-state index in [4.69, 9.17) is 0 Å². The minimum Gasteiger partial charge on any atom is -0.282 e. The number of amides is 8. The summed E-state index contributed by atoms with van der Waals surface area (Å²) < 4.78 is 0. The molecule has 8 amide bonds. The van der Waals surface area contributed by atoms with Gasteiger partial charge in [0.1, 0.15) is 0 Å². The van der Waals surface area contributed by atoms with Crippen molar-refractivity contribution in [1.29, 1.82) is 0 Å². The molecule has 4 heterocycles. The Kier molecular flexibility index (Phi) is 11.1. The van der Waals surface area contributed by atoms with Crippen molar-refractivity contribution in [2.45, 2.75) is 149 Å². The van der Waals surface area contributed by atoms with Crippen LogP contribution in [-0.2, 0) is 38.4 Å². The molecule has 0 bridgehead atoms. The van der Waals surface area contributed by atoms with Crippen LogP contribution in [0.4, 0.5) is 0 Å². The van der Waals surface area contributed by atoms with Gasteiger partial charge in [-0.2, -0.15) is 0 Å². The van der Waals surface area contributed by atoms with Crippen molar-refractivity contribution in [3.63, 3.8) is 0 Å². The number of hydrogen-bond donors (Lipinski definition) is 0. The van der Waals surface area contributed by atoms with Gasteiger partial charge < -0.3 is 0 Å². The summed E-state index contributed by atoms with van der Waals surface area (Å²) in [4.78, 5) is 121. The molecule has 12 heteroatoms. The smallest absolute Gasteiger partial charge is 0.232 e. The first kappa shape index (κ1) is 46.1. The first-order valence-electron chi connectivity index (χ1n) is 29.9. The minimum absolute atomic E-state index is 0.0246. The van der Waals surface area contributed by atoms with E-state index in [2.05, 4.69) is 6.92 Å². The van der Waals surface area contributed by atoms with Crippen molar-refractivity contribution in [2.75, 3.05) is 26.2 Å². The second-order valence-electron chi connectivity index (χ2n) is 26.8. The van der Waals surface area contributed by atoms with Crippen molar-refractivity contribution in [1.82, 2.24) is 19.6 Å². The maximum Gasteiger partial charge on any atom is 0.232 e. The monoisotopic (exact) mass is 973 g/mol. The van der Waals surface area contributed by atoms with E-state index in [1.165, 1.54) is 0 Å². The molecule has 0 aromatic heterocycles. The summed E-state index contributed by atoms with van der Waals surface area (Å²) >= 11 is 0. The molecular weight excluding hydrogens is 893 g/mol. The third-order valence-corrected chi connectivity index (χ3v) is 25.0. The summed E-state index contributed by atoms with van der Waals surface area (Å²) in [7, 11) is 0. The van der Waals surface area contributed by atoms with Gasteiger partial charge in [-0.05, 0) is 217 Å². The Hall–Kier alpha value is -3.44. The SMILES string of the molecule is CCCCCN1C(=O)C2CCC3C4CCC5C(=O)N(CCCN6C(=O)C7CCC8C9CCC%10C(=O)N(CCC)C(=O)C%11CCC(C%12CCC(C6=O)C7C8%12)C9C%10%11)C(=O)C6CCC(C7CCC(C1=O)C2C37)C4C56. The topological polar surface area (TPSA) is 150 Å². The average molecular weight is 973 g/mol. The summed E-state index contributed by atoms with van der Waals surface area (Å²) in [6.07, 6.45) is 18.8. The molecule has 4 aliphatic heterocycles. The maximum atomic E-state index is 14.7. The Bertz CT molecular complexity index is 2180. The Morgan fingerprint density at radius 3 is 0.676 bits per heavy atom. The van der Waals surface area contributed by atoms with Gasteiger partial charge in [-0.1, -0.05) is 26.7 Å². The number of carbonyl (C=O) groups excluding carboxylic acids is 8.